The van der Waals surface area contributed by atoms with Gasteiger partial charge in [0.1, 0.15) is 0 Å². The standard InChI is InChI=1S/C9H18N2/c1-2-11-6-5-10-7-9(11)8-3-4-8/h8-10H,2-7H2,1H3. The van der Waals surface area contributed by atoms with Crippen molar-refractivity contribution in [3.05, 3.63) is 0 Å². The summed E-state index contributed by atoms with van der Waals surface area (Å²) in [5, 5.41) is 3.48. The summed E-state index contributed by atoms with van der Waals surface area (Å²) in [6.45, 7) is 7.21. The molecule has 1 heterocycles. The summed E-state index contributed by atoms with van der Waals surface area (Å²) in [6, 6.07) is 0.869. The van der Waals surface area contributed by atoms with Gasteiger partial charge in [-0.05, 0) is 25.3 Å². The van der Waals surface area contributed by atoms with Crippen LogP contribution in [-0.4, -0.2) is 37.1 Å². The lowest BCUT2D eigenvalue weighted by atomic mass is 10.1. The van der Waals surface area contributed by atoms with Gasteiger partial charge in [-0.15, -0.1) is 0 Å². The summed E-state index contributed by atoms with van der Waals surface area (Å²) in [7, 11) is 0. The summed E-state index contributed by atoms with van der Waals surface area (Å²) >= 11 is 0. The predicted molar refractivity (Wildman–Crippen MR) is 46.6 cm³/mol. The molecule has 64 valence electrons. The Labute approximate surface area is 69.0 Å². The van der Waals surface area contributed by atoms with Gasteiger partial charge in [-0.25, -0.2) is 0 Å². The van der Waals surface area contributed by atoms with Gasteiger partial charge in [-0.1, -0.05) is 6.92 Å². The van der Waals surface area contributed by atoms with Gasteiger partial charge in [-0.2, -0.15) is 0 Å². The molecule has 0 spiro atoms. The predicted octanol–water partition coefficient (Wildman–Crippen LogP) is 0.690. The summed E-state index contributed by atoms with van der Waals surface area (Å²) in [5.41, 5.74) is 0. The third-order valence-electron chi connectivity index (χ3n) is 2.97. The van der Waals surface area contributed by atoms with Crippen molar-refractivity contribution in [3.8, 4) is 0 Å². The minimum atomic E-state index is 0.869. The minimum absolute atomic E-state index is 0.869. The average molecular weight is 154 g/mol. The number of hydrogen-bond donors (Lipinski definition) is 1. The number of rotatable bonds is 2. The van der Waals surface area contributed by atoms with Crippen molar-refractivity contribution in [1.29, 1.82) is 0 Å². The van der Waals surface area contributed by atoms with Crippen LogP contribution in [0, 0.1) is 5.92 Å². The molecule has 0 amide bonds. The van der Waals surface area contributed by atoms with E-state index in [4.69, 9.17) is 0 Å². The molecule has 0 aromatic heterocycles. The molecule has 1 aliphatic carbocycles. The van der Waals surface area contributed by atoms with Gasteiger partial charge in [0, 0.05) is 25.7 Å². The Morgan fingerprint density at radius 2 is 2.27 bits per heavy atom. The zero-order chi connectivity index (χ0) is 7.68. The van der Waals surface area contributed by atoms with Crippen LogP contribution in [0.25, 0.3) is 0 Å². The smallest absolute Gasteiger partial charge is 0.0249 e. The molecule has 1 N–H and O–H groups in total. The molecular formula is C9H18N2. The van der Waals surface area contributed by atoms with E-state index in [0.29, 0.717) is 0 Å². The first-order valence-corrected chi connectivity index (χ1v) is 4.86. The van der Waals surface area contributed by atoms with E-state index < -0.39 is 0 Å². The fourth-order valence-corrected chi connectivity index (χ4v) is 2.11. The van der Waals surface area contributed by atoms with Crippen LogP contribution in [0.5, 0.6) is 0 Å². The van der Waals surface area contributed by atoms with E-state index in [1.54, 1.807) is 0 Å². The van der Waals surface area contributed by atoms with Crippen molar-refractivity contribution in [2.45, 2.75) is 25.8 Å². The maximum absolute atomic E-state index is 3.48. The van der Waals surface area contributed by atoms with E-state index in [0.717, 1.165) is 12.0 Å². The van der Waals surface area contributed by atoms with Crippen molar-refractivity contribution in [1.82, 2.24) is 10.2 Å². The minimum Gasteiger partial charge on any atom is -0.314 e. The van der Waals surface area contributed by atoms with Gasteiger partial charge in [0.05, 0.1) is 0 Å². The number of nitrogens with zero attached hydrogens (tertiary/aromatic N) is 1. The maximum Gasteiger partial charge on any atom is 0.0249 e. The first kappa shape index (κ1) is 7.56. The first-order chi connectivity index (χ1) is 5.42. The lowest BCUT2D eigenvalue weighted by Gasteiger charge is -2.35. The van der Waals surface area contributed by atoms with Crippen molar-refractivity contribution in [3.63, 3.8) is 0 Å². The van der Waals surface area contributed by atoms with Crippen molar-refractivity contribution < 1.29 is 0 Å². The van der Waals surface area contributed by atoms with Crippen LogP contribution in [0.3, 0.4) is 0 Å². The van der Waals surface area contributed by atoms with Crippen molar-refractivity contribution in [2.24, 2.45) is 5.92 Å². The van der Waals surface area contributed by atoms with Crippen molar-refractivity contribution >= 4 is 0 Å². The highest BCUT2D eigenvalue weighted by molar-refractivity contribution is 4.91. The molecule has 0 radical (unpaired) electrons. The Hall–Kier alpha value is -0.0800. The molecular weight excluding hydrogens is 136 g/mol. The largest absolute Gasteiger partial charge is 0.314 e. The van der Waals surface area contributed by atoms with E-state index >= 15 is 0 Å². The fourth-order valence-electron chi connectivity index (χ4n) is 2.11. The molecule has 2 aliphatic rings. The molecule has 0 aromatic rings. The first-order valence-electron chi connectivity index (χ1n) is 4.86. The van der Waals surface area contributed by atoms with Crippen LogP contribution in [0.1, 0.15) is 19.8 Å². The Balaban J connectivity index is 1.91. The normalized spacial score (nSPS) is 34.1. The van der Waals surface area contributed by atoms with Gasteiger partial charge >= 0.3 is 0 Å². The number of nitrogens with one attached hydrogen (secondary N) is 1. The van der Waals surface area contributed by atoms with Crippen LogP contribution in [-0.2, 0) is 0 Å². The topological polar surface area (TPSA) is 15.3 Å². The van der Waals surface area contributed by atoms with Gasteiger partial charge in [-0.3, -0.25) is 4.90 Å². The lowest BCUT2D eigenvalue weighted by Crippen LogP contribution is -2.52. The zero-order valence-electron chi connectivity index (χ0n) is 7.34. The molecule has 1 unspecified atom stereocenters. The van der Waals surface area contributed by atoms with E-state index in [1.165, 1.54) is 39.0 Å². The van der Waals surface area contributed by atoms with Crippen LogP contribution < -0.4 is 5.32 Å². The van der Waals surface area contributed by atoms with E-state index in [-0.39, 0.29) is 0 Å². The summed E-state index contributed by atoms with van der Waals surface area (Å²) < 4.78 is 0. The molecule has 0 bridgehead atoms. The Bertz CT molecular complexity index is 132. The third kappa shape index (κ3) is 1.57. The second-order valence-corrected chi connectivity index (χ2v) is 3.74. The molecule has 2 fully saturated rings. The van der Waals surface area contributed by atoms with Gasteiger partial charge in [0.2, 0.25) is 0 Å². The second-order valence-electron chi connectivity index (χ2n) is 3.74. The Kier molecular flexibility index (Phi) is 2.14. The van der Waals surface area contributed by atoms with Gasteiger partial charge < -0.3 is 5.32 Å². The van der Waals surface area contributed by atoms with Crippen molar-refractivity contribution in [2.75, 3.05) is 26.2 Å². The molecule has 0 aromatic carbocycles. The van der Waals surface area contributed by atoms with Crippen LogP contribution in [0.4, 0.5) is 0 Å². The number of piperazine rings is 1. The van der Waals surface area contributed by atoms with Crippen LogP contribution >= 0.6 is 0 Å². The van der Waals surface area contributed by atoms with E-state index in [1.807, 2.05) is 0 Å². The monoisotopic (exact) mass is 154 g/mol. The highest BCUT2D eigenvalue weighted by atomic mass is 15.2. The number of likely N-dealkylation sites (N-methyl/N-ethyl adjacent to an activating group) is 1. The Morgan fingerprint density at radius 3 is 2.91 bits per heavy atom. The van der Waals surface area contributed by atoms with E-state index in [9.17, 15) is 0 Å². The third-order valence-corrected chi connectivity index (χ3v) is 2.97. The Morgan fingerprint density at radius 1 is 1.45 bits per heavy atom. The van der Waals surface area contributed by atoms with Crippen LogP contribution in [0.15, 0.2) is 0 Å². The fraction of sp³-hybridized carbons (Fsp3) is 1.00. The summed E-state index contributed by atoms with van der Waals surface area (Å²) in [6.07, 6.45) is 2.95. The quantitative estimate of drug-likeness (QED) is 0.629. The maximum atomic E-state index is 3.48. The van der Waals surface area contributed by atoms with E-state index in [2.05, 4.69) is 17.1 Å². The molecule has 2 heteroatoms. The molecule has 2 nitrogen and oxygen atoms in total. The molecule has 1 saturated carbocycles. The SMILES string of the molecule is CCN1CCNCC1C1CC1. The zero-order valence-corrected chi connectivity index (χ0v) is 7.34. The molecule has 1 saturated heterocycles. The highest BCUT2D eigenvalue weighted by Gasteiger charge is 2.35. The average Bonchev–Trinajstić information content (AvgIpc) is 2.87. The summed E-state index contributed by atoms with van der Waals surface area (Å²) in [4.78, 5) is 2.63. The summed E-state index contributed by atoms with van der Waals surface area (Å²) in [5.74, 6) is 1.03. The van der Waals surface area contributed by atoms with Crippen LogP contribution in [0.2, 0.25) is 0 Å². The van der Waals surface area contributed by atoms with Gasteiger partial charge in [0.15, 0.2) is 0 Å². The number of hydrogen-bond acceptors (Lipinski definition) is 2. The molecule has 11 heavy (non-hydrogen) atoms. The second kappa shape index (κ2) is 3.11. The molecule has 1 atom stereocenters. The highest BCUT2D eigenvalue weighted by Crippen LogP contribution is 2.35. The molecule has 1 aliphatic heterocycles. The lowest BCUT2D eigenvalue weighted by molar-refractivity contribution is 0.151. The van der Waals surface area contributed by atoms with Gasteiger partial charge in [0.25, 0.3) is 0 Å². The molecule has 2 rings (SSSR count).